The summed E-state index contributed by atoms with van der Waals surface area (Å²) in [5.74, 6) is -0.698. The molecule has 0 bridgehead atoms. The molecular weight excluding hydrogens is 382 g/mol. The standard InChI is InChI=1S/C23H23N3O4/c1-12-9-15(10-24-22(12)25(4)14(3)27)17-7-8-18-20(13(17)2)26(16-5-6-16)11-19(21(18)28)23(29)30/h7-11,16H,5-6H2,1-4H3,(H,29,30). The van der Waals surface area contributed by atoms with Gasteiger partial charge in [-0.05, 0) is 55.5 Å². The molecule has 0 radical (unpaired) electrons. The van der Waals surface area contributed by atoms with Crippen molar-refractivity contribution in [2.45, 2.75) is 39.7 Å². The van der Waals surface area contributed by atoms with E-state index in [0.29, 0.717) is 11.2 Å². The van der Waals surface area contributed by atoms with Crippen LogP contribution in [0, 0.1) is 13.8 Å². The second-order valence-electron chi connectivity index (χ2n) is 7.89. The van der Waals surface area contributed by atoms with Gasteiger partial charge in [-0.3, -0.25) is 14.5 Å². The Balaban J connectivity index is 1.93. The molecule has 4 rings (SSSR count). The molecule has 1 amide bonds. The van der Waals surface area contributed by atoms with Gasteiger partial charge in [-0.15, -0.1) is 0 Å². The van der Waals surface area contributed by atoms with Crippen molar-refractivity contribution in [3.63, 3.8) is 0 Å². The zero-order valence-electron chi connectivity index (χ0n) is 17.4. The lowest BCUT2D eigenvalue weighted by Gasteiger charge is -2.19. The maximum Gasteiger partial charge on any atom is 0.341 e. The fourth-order valence-electron chi connectivity index (χ4n) is 3.94. The highest BCUT2D eigenvalue weighted by atomic mass is 16.4. The quantitative estimate of drug-likeness (QED) is 0.715. The lowest BCUT2D eigenvalue weighted by molar-refractivity contribution is -0.116. The Labute approximate surface area is 173 Å². The molecule has 0 aliphatic heterocycles. The molecule has 0 atom stereocenters. The summed E-state index contributed by atoms with van der Waals surface area (Å²) in [4.78, 5) is 42.0. The number of amides is 1. The van der Waals surface area contributed by atoms with E-state index in [4.69, 9.17) is 0 Å². The molecule has 1 aliphatic carbocycles. The molecule has 1 N–H and O–H groups in total. The number of fused-ring (bicyclic) bond motifs is 1. The highest BCUT2D eigenvalue weighted by molar-refractivity contribution is 5.96. The maximum atomic E-state index is 12.8. The number of nitrogens with zero attached hydrogens (tertiary/aromatic N) is 3. The average Bonchev–Trinajstić information content (AvgIpc) is 3.53. The van der Waals surface area contributed by atoms with E-state index in [9.17, 15) is 19.5 Å². The van der Waals surface area contributed by atoms with Crippen LogP contribution in [0.5, 0.6) is 0 Å². The summed E-state index contributed by atoms with van der Waals surface area (Å²) >= 11 is 0. The summed E-state index contributed by atoms with van der Waals surface area (Å²) in [5.41, 5.74) is 3.68. The topological polar surface area (TPSA) is 92.5 Å². The van der Waals surface area contributed by atoms with Gasteiger partial charge >= 0.3 is 5.97 Å². The summed E-state index contributed by atoms with van der Waals surface area (Å²) in [5, 5.41) is 9.86. The van der Waals surface area contributed by atoms with Gasteiger partial charge in [0.2, 0.25) is 11.3 Å². The number of carbonyl (C=O) groups is 2. The number of carboxylic acid groups (broad SMARTS) is 1. The number of aromatic carboxylic acids is 1. The summed E-state index contributed by atoms with van der Waals surface area (Å²) in [6, 6.07) is 5.73. The lowest BCUT2D eigenvalue weighted by Crippen LogP contribution is -2.24. The number of aromatic nitrogens is 2. The molecule has 0 spiro atoms. The molecular formula is C23H23N3O4. The van der Waals surface area contributed by atoms with Gasteiger partial charge in [-0.25, -0.2) is 9.78 Å². The van der Waals surface area contributed by atoms with Gasteiger partial charge in [0.1, 0.15) is 11.4 Å². The number of hydrogen-bond donors (Lipinski definition) is 1. The van der Waals surface area contributed by atoms with Crippen LogP contribution in [0.15, 0.2) is 35.4 Å². The van der Waals surface area contributed by atoms with Crippen molar-refractivity contribution in [3.05, 3.63) is 57.5 Å². The molecule has 1 saturated carbocycles. The van der Waals surface area contributed by atoms with Gasteiger partial charge in [-0.2, -0.15) is 0 Å². The zero-order chi connectivity index (χ0) is 21.7. The Hall–Kier alpha value is -3.48. The van der Waals surface area contributed by atoms with E-state index in [0.717, 1.165) is 40.6 Å². The Morgan fingerprint density at radius 2 is 1.93 bits per heavy atom. The monoisotopic (exact) mass is 405 g/mol. The highest BCUT2D eigenvalue weighted by Crippen LogP contribution is 2.39. The van der Waals surface area contributed by atoms with Crippen molar-refractivity contribution in [3.8, 4) is 11.1 Å². The van der Waals surface area contributed by atoms with E-state index in [1.54, 1.807) is 19.3 Å². The van der Waals surface area contributed by atoms with Gasteiger partial charge in [-0.1, -0.05) is 6.07 Å². The molecule has 7 heteroatoms. The molecule has 1 aromatic carbocycles. The largest absolute Gasteiger partial charge is 0.477 e. The minimum Gasteiger partial charge on any atom is -0.477 e. The number of benzene rings is 1. The number of pyridine rings is 2. The molecule has 0 saturated heterocycles. The molecule has 7 nitrogen and oxygen atoms in total. The molecule has 2 heterocycles. The first-order chi connectivity index (χ1) is 14.2. The zero-order valence-corrected chi connectivity index (χ0v) is 17.4. The van der Waals surface area contributed by atoms with Gasteiger partial charge in [0.05, 0.1) is 5.52 Å². The third-order valence-corrected chi connectivity index (χ3v) is 5.77. The van der Waals surface area contributed by atoms with Crippen LogP contribution in [0.1, 0.15) is 47.3 Å². The first-order valence-corrected chi connectivity index (χ1v) is 9.83. The van der Waals surface area contributed by atoms with Gasteiger partial charge in [0.15, 0.2) is 0 Å². The van der Waals surface area contributed by atoms with Crippen LogP contribution in [0.25, 0.3) is 22.0 Å². The summed E-state index contributed by atoms with van der Waals surface area (Å²) < 4.78 is 1.94. The number of carbonyl (C=O) groups excluding carboxylic acids is 1. The first-order valence-electron chi connectivity index (χ1n) is 9.83. The maximum absolute atomic E-state index is 12.8. The predicted octanol–water partition coefficient (Wildman–Crippen LogP) is 3.70. The van der Waals surface area contributed by atoms with Crippen molar-refractivity contribution in [2.24, 2.45) is 0 Å². The predicted molar refractivity (Wildman–Crippen MR) is 115 cm³/mol. The number of anilines is 1. The summed E-state index contributed by atoms with van der Waals surface area (Å²) in [6.07, 6.45) is 5.14. The first kappa shape index (κ1) is 19.8. The smallest absolute Gasteiger partial charge is 0.341 e. The van der Waals surface area contributed by atoms with E-state index in [-0.39, 0.29) is 17.5 Å². The number of carboxylic acids is 1. The van der Waals surface area contributed by atoms with Crippen molar-refractivity contribution in [1.82, 2.24) is 9.55 Å². The van der Waals surface area contributed by atoms with E-state index in [1.165, 1.54) is 18.0 Å². The van der Waals surface area contributed by atoms with Crippen molar-refractivity contribution >= 4 is 28.6 Å². The number of hydrogen-bond acceptors (Lipinski definition) is 4. The second-order valence-corrected chi connectivity index (χ2v) is 7.89. The minimum absolute atomic E-state index is 0.0945. The van der Waals surface area contributed by atoms with Crippen LogP contribution in [-0.2, 0) is 4.79 Å². The molecule has 2 aromatic heterocycles. The van der Waals surface area contributed by atoms with Crippen LogP contribution in [-0.4, -0.2) is 33.6 Å². The highest BCUT2D eigenvalue weighted by Gasteiger charge is 2.28. The van der Waals surface area contributed by atoms with Crippen LogP contribution in [0.2, 0.25) is 0 Å². The van der Waals surface area contributed by atoms with Crippen molar-refractivity contribution in [2.75, 3.05) is 11.9 Å². The van der Waals surface area contributed by atoms with E-state index in [2.05, 4.69) is 4.98 Å². The lowest BCUT2D eigenvalue weighted by atomic mass is 9.96. The van der Waals surface area contributed by atoms with E-state index >= 15 is 0 Å². The minimum atomic E-state index is -1.21. The van der Waals surface area contributed by atoms with Gasteiger partial charge < -0.3 is 9.67 Å². The second kappa shape index (κ2) is 7.09. The molecule has 1 fully saturated rings. The Kier molecular flexibility index (Phi) is 4.68. The van der Waals surface area contributed by atoms with Crippen LogP contribution in [0.4, 0.5) is 5.82 Å². The van der Waals surface area contributed by atoms with Crippen molar-refractivity contribution < 1.29 is 14.7 Å². The van der Waals surface area contributed by atoms with Crippen LogP contribution in [0.3, 0.4) is 0 Å². The van der Waals surface area contributed by atoms with Crippen LogP contribution < -0.4 is 10.3 Å². The summed E-state index contributed by atoms with van der Waals surface area (Å²) in [6.45, 7) is 5.34. The fourth-order valence-corrected chi connectivity index (χ4v) is 3.94. The number of rotatable bonds is 4. The van der Waals surface area contributed by atoms with Crippen molar-refractivity contribution in [1.29, 1.82) is 0 Å². The van der Waals surface area contributed by atoms with Crippen LogP contribution >= 0.6 is 0 Å². The average molecular weight is 405 g/mol. The third kappa shape index (κ3) is 3.16. The Morgan fingerprint density at radius 3 is 2.50 bits per heavy atom. The van der Waals surface area contributed by atoms with E-state index < -0.39 is 11.4 Å². The normalized spacial score (nSPS) is 13.5. The SMILES string of the molecule is CC(=O)N(C)c1ncc(-c2ccc3c(=O)c(C(=O)O)cn(C4CC4)c3c2C)cc1C. The molecule has 1 aliphatic rings. The van der Waals surface area contributed by atoms with Gasteiger partial charge in [0.25, 0.3) is 0 Å². The fraction of sp³-hybridized carbons (Fsp3) is 0.304. The Morgan fingerprint density at radius 1 is 1.23 bits per heavy atom. The number of aryl methyl sites for hydroxylation is 2. The van der Waals surface area contributed by atoms with E-state index in [1.807, 2.05) is 30.5 Å². The van der Waals surface area contributed by atoms with Gasteiger partial charge in [0, 0.05) is 43.4 Å². The molecule has 154 valence electrons. The molecule has 0 unspecified atom stereocenters. The Bertz CT molecular complexity index is 1270. The molecule has 3 aromatic rings. The summed E-state index contributed by atoms with van der Waals surface area (Å²) in [7, 11) is 1.69. The molecule has 30 heavy (non-hydrogen) atoms. The third-order valence-electron chi connectivity index (χ3n) is 5.77.